The normalized spacial score (nSPS) is 19.7. The van der Waals surface area contributed by atoms with E-state index >= 15 is 0 Å². The van der Waals surface area contributed by atoms with Crippen LogP contribution in [-0.2, 0) is 6.54 Å². The molecular formula is C10H14F3N3S. The lowest BCUT2D eigenvalue weighted by molar-refractivity contribution is -0.185. The van der Waals surface area contributed by atoms with Crippen molar-refractivity contribution in [3.63, 3.8) is 0 Å². The number of hydrogen-bond donors (Lipinski definition) is 1. The van der Waals surface area contributed by atoms with E-state index in [0.29, 0.717) is 24.8 Å². The van der Waals surface area contributed by atoms with Crippen LogP contribution < -0.4 is 5.73 Å². The predicted octanol–water partition coefficient (Wildman–Crippen LogP) is 2.50. The van der Waals surface area contributed by atoms with Crippen LogP contribution in [-0.4, -0.2) is 29.1 Å². The molecule has 0 spiro atoms. The van der Waals surface area contributed by atoms with Crippen LogP contribution >= 0.6 is 11.3 Å². The maximum atomic E-state index is 12.5. The molecule has 1 aliphatic rings. The Bertz CT molecular complexity index is 369. The zero-order valence-electron chi connectivity index (χ0n) is 9.20. The van der Waals surface area contributed by atoms with Gasteiger partial charge in [0.25, 0.3) is 0 Å². The number of nitrogens with two attached hydrogens (primary N) is 1. The Morgan fingerprint density at radius 1 is 1.41 bits per heavy atom. The van der Waals surface area contributed by atoms with Gasteiger partial charge in [-0.25, -0.2) is 4.98 Å². The quantitative estimate of drug-likeness (QED) is 0.893. The number of piperidine rings is 1. The van der Waals surface area contributed by atoms with Crippen molar-refractivity contribution in [2.24, 2.45) is 5.92 Å². The zero-order valence-corrected chi connectivity index (χ0v) is 10.0. The first-order chi connectivity index (χ1) is 7.95. The standard InChI is InChI=1S/C10H14F3N3S/c11-10(12,13)7-1-3-16(4-2-7)5-8-6-17-9(14)15-8/h6-7H,1-5H2,(H2,14,15). The lowest BCUT2D eigenvalue weighted by atomic mass is 9.96. The van der Waals surface area contributed by atoms with Crippen LogP contribution in [0.3, 0.4) is 0 Å². The Kier molecular flexibility index (Phi) is 3.58. The van der Waals surface area contributed by atoms with Crippen LogP contribution in [0.15, 0.2) is 5.38 Å². The van der Waals surface area contributed by atoms with E-state index in [4.69, 9.17) is 5.73 Å². The molecule has 17 heavy (non-hydrogen) atoms. The van der Waals surface area contributed by atoms with Gasteiger partial charge in [0, 0.05) is 11.9 Å². The topological polar surface area (TPSA) is 42.1 Å². The van der Waals surface area contributed by atoms with Crippen molar-refractivity contribution in [3.8, 4) is 0 Å². The second-order valence-corrected chi connectivity index (χ2v) is 5.16. The number of anilines is 1. The van der Waals surface area contributed by atoms with E-state index in [1.54, 1.807) is 0 Å². The fourth-order valence-corrected chi connectivity index (χ4v) is 2.60. The maximum Gasteiger partial charge on any atom is 0.391 e. The fourth-order valence-electron chi connectivity index (χ4n) is 2.04. The first-order valence-electron chi connectivity index (χ1n) is 5.44. The van der Waals surface area contributed by atoms with E-state index in [1.165, 1.54) is 11.3 Å². The molecule has 1 aromatic heterocycles. The number of likely N-dealkylation sites (tertiary alicyclic amines) is 1. The zero-order chi connectivity index (χ0) is 12.5. The smallest absolute Gasteiger partial charge is 0.375 e. The molecule has 0 aromatic carbocycles. The first-order valence-corrected chi connectivity index (χ1v) is 6.32. The first kappa shape index (κ1) is 12.6. The molecule has 0 bridgehead atoms. The molecule has 1 saturated heterocycles. The highest BCUT2D eigenvalue weighted by atomic mass is 32.1. The number of hydrogen-bond acceptors (Lipinski definition) is 4. The molecule has 0 aliphatic carbocycles. The summed E-state index contributed by atoms with van der Waals surface area (Å²) in [5.74, 6) is -1.14. The third-order valence-electron chi connectivity index (χ3n) is 3.01. The van der Waals surface area contributed by atoms with Crippen molar-refractivity contribution in [2.75, 3.05) is 18.8 Å². The third-order valence-corrected chi connectivity index (χ3v) is 3.73. The van der Waals surface area contributed by atoms with Crippen LogP contribution in [0.4, 0.5) is 18.3 Å². The van der Waals surface area contributed by atoms with Crippen molar-refractivity contribution < 1.29 is 13.2 Å². The molecule has 3 nitrogen and oxygen atoms in total. The molecule has 0 saturated carbocycles. The van der Waals surface area contributed by atoms with Gasteiger partial charge >= 0.3 is 6.18 Å². The molecule has 2 rings (SSSR count). The van der Waals surface area contributed by atoms with Gasteiger partial charge in [-0.2, -0.15) is 13.2 Å². The van der Waals surface area contributed by atoms with E-state index in [9.17, 15) is 13.2 Å². The average molecular weight is 265 g/mol. The van der Waals surface area contributed by atoms with Crippen molar-refractivity contribution in [2.45, 2.75) is 25.6 Å². The van der Waals surface area contributed by atoms with Gasteiger partial charge in [-0.1, -0.05) is 0 Å². The Morgan fingerprint density at radius 2 is 2.06 bits per heavy atom. The molecule has 1 aromatic rings. The third kappa shape index (κ3) is 3.32. The minimum Gasteiger partial charge on any atom is -0.375 e. The summed E-state index contributed by atoms with van der Waals surface area (Å²) in [5, 5.41) is 2.36. The van der Waals surface area contributed by atoms with Crippen molar-refractivity contribution in [3.05, 3.63) is 11.1 Å². The van der Waals surface area contributed by atoms with Crippen molar-refractivity contribution in [1.82, 2.24) is 9.88 Å². The van der Waals surface area contributed by atoms with Gasteiger partial charge in [-0.05, 0) is 25.9 Å². The van der Waals surface area contributed by atoms with Gasteiger partial charge in [-0.15, -0.1) is 11.3 Å². The molecule has 7 heteroatoms. The molecule has 1 aliphatic heterocycles. The summed E-state index contributed by atoms with van der Waals surface area (Å²) in [6, 6.07) is 0. The van der Waals surface area contributed by atoms with Gasteiger partial charge in [0.05, 0.1) is 11.6 Å². The van der Waals surface area contributed by atoms with Gasteiger partial charge < -0.3 is 5.73 Å². The predicted molar refractivity (Wildman–Crippen MR) is 60.6 cm³/mol. The maximum absolute atomic E-state index is 12.5. The summed E-state index contributed by atoms with van der Waals surface area (Å²) in [7, 11) is 0. The van der Waals surface area contributed by atoms with Gasteiger partial charge in [-0.3, -0.25) is 4.90 Å². The van der Waals surface area contributed by atoms with Gasteiger partial charge in [0.2, 0.25) is 0 Å². The van der Waals surface area contributed by atoms with Gasteiger partial charge in [0.1, 0.15) is 0 Å². The second kappa shape index (κ2) is 4.81. The molecule has 96 valence electrons. The lowest BCUT2D eigenvalue weighted by Crippen LogP contribution is -2.38. The highest BCUT2D eigenvalue weighted by Gasteiger charge is 2.40. The molecule has 0 atom stereocenters. The highest BCUT2D eigenvalue weighted by Crippen LogP contribution is 2.34. The van der Waals surface area contributed by atoms with E-state index in [-0.39, 0.29) is 12.8 Å². The monoisotopic (exact) mass is 265 g/mol. The van der Waals surface area contributed by atoms with Crippen molar-refractivity contribution >= 4 is 16.5 Å². The minimum atomic E-state index is -4.04. The fraction of sp³-hybridized carbons (Fsp3) is 0.700. The van der Waals surface area contributed by atoms with Gasteiger partial charge in [0.15, 0.2) is 5.13 Å². The highest BCUT2D eigenvalue weighted by molar-refractivity contribution is 7.13. The van der Waals surface area contributed by atoms with E-state index < -0.39 is 12.1 Å². The number of nitrogen functional groups attached to an aromatic ring is 1. The Hall–Kier alpha value is -0.820. The van der Waals surface area contributed by atoms with Crippen LogP contribution in [0.25, 0.3) is 0 Å². The number of nitrogens with zero attached hydrogens (tertiary/aromatic N) is 2. The Labute approximate surface area is 101 Å². The molecule has 2 N–H and O–H groups in total. The average Bonchev–Trinajstić information content (AvgIpc) is 2.63. The summed E-state index contributed by atoms with van der Waals surface area (Å²) in [6.07, 6.45) is -3.68. The molecule has 1 fully saturated rings. The molecule has 0 unspecified atom stereocenters. The van der Waals surface area contributed by atoms with Crippen LogP contribution in [0.5, 0.6) is 0 Å². The van der Waals surface area contributed by atoms with Crippen molar-refractivity contribution in [1.29, 1.82) is 0 Å². The number of rotatable bonds is 2. The van der Waals surface area contributed by atoms with Crippen LogP contribution in [0, 0.1) is 5.92 Å². The summed E-state index contributed by atoms with van der Waals surface area (Å²) < 4.78 is 37.4. The van der Waals surface area contributed by atoms with Crippen LogP contribution in [0.2, 0.25) is 0 Å². The van der Waals surface area contributed by atoms with E-state index in [1.807, 2.05) is 10.3 Å². The largest absolute Gasteiger partial charge is 0.391 e. The number of alkyl halides is 3. The van der Waals surface area contributed by atoms with Crippen LogP contribution in [0.1, 0.15) is 18.5 Å². The number of halogens is 3. The molecular weight excluding hydrogens is 251 g/mol. The lowest BCUT2D eigenvalue weighted by Gasteiger charge is -2.32. The summed E-state index contributed by atoms with van der Waals surface area (Å²) in [5.41, 5.74) is 6.35. The summed E-state index contributed by atoms with van der Waals surface area (Å²) in [4.78, 5) is 6.10. The Morgan fingerprint density at radius 3 is 2.53 bits per heavy atom. The molecule has 0 radical (unpaired) electrons. The molecule has 2 heterocycles. The Balaban J connectivity index is 1.83. The minimum absolute atomic E-state index is 0.184. The molecule has 0 amide bonds. The summed E-state index contributed by atoms with van der Waals surface area (Å²) in [6.45, 7) is 1.54. The summed E-state index contributed by atoms with van der Waals surface area (Å²) >= 11 is 1.36. The number of thiazole rings is 1. The van der Waals surface area contributed by atoms with E-state index in [2.05, 4.69) is 4.98 Å². The van der Waals surface area contributed by atoms with E-state index in [0.717, 1.165) is 5.69 Å². The second-order valence-electron chi connectivity index (χ2n) is 4.27. The SMILES string of the molecule is Nc1nc(CN2CCC(C(F)(F)F)CC2)cs1. The number of aromatic nitrogens is 1.